The van der Waals surface area contributed by atoms with Crippen molar-refractivity contribution in [2.45, 2.75) is 18.9 Å². The smallest absolute Gasteiger partial charge is 0.347 e. The van der Waals surface area contributed by atoms with E-state index in [9.17, 15) is 14.4 Å². The second-order valence-electron chi connectivity index (χ2n) is 4.92. The van der Waals surface area contributed by atoms with Crippen LogP contribution in [0.25, 0.3) is 0 Å². The molecular formula is C17H20O7. The first-order valence-electron chi connectivity index (χ1n) is 7.24. The number of hydrogen-bond acceptors (Lipinski definition) is 6. The molecule has 130 valence electrons. The third kappa shape index (κ3) is 7.06. The normalized spacial score (nSPS) is 11.4. The van der Waals surface area contributed by atoms with Crippen LogP contribution in [0.1, 0.15) is 12.0 Å². The Labute approximate surface area is 139 Å². The molecular weight excluding hydrogens is 316 g/mol. The summed E-state index contributed by atoms with van der Waals surface area (Å²) in [6, 6.07) is 8.93. The molecule has 0 spiro atoms. The van der Waals surface area contributed by atoms with Crippen molar-refractivity contribution in [2.24, 2.45) is 0 Å². The summed E-state index contributed by atoms with van der Waals surface area (Å²) < 4.78 is 14.9. The van der Waals surface area contributed by atoms with Crippen molar-refractivity contribution in [3.63, 3.8) is 0 Å². The lowest BCUT2D eigenvalue weighted by Crippen LogP contribution is -2.32. The highest BCUT2D eigenvalue weighted by Crippen LogP contribution is 2.11. The number of rotatable bonds is 10. The molecule has 1 unspecified atom stereocenters. The van der Waals surface area contributed by atoms with Crippen molar-refractivity contribution >= 4 is 17.9 Å². The molecule has 1 N–H and O–H groups in total. The number of benzene rings is 1. The van der Waals surface area contributed by atoms with Crippen LogP contribution in [0.5, 0.6) is 0 Å². The second-order valence-corrected chi connectivity index (χ2v) is 4.92. The Morgan fingerprint density at radius 2 is 1.83 bits per heavy atom. The quantitative estimate of drug-likeness (QED) is 0.391. The summed E-state index contributed by atoms with van der Waals surface area (Å²) in [5.41, 5.74) is 0.521. The zero-order valence-electron chi connectivity index (χ0n) is 13.4. The standard InChI is InChI=1S/C17H20O7/c1-12(10-15(18)19)16(20)24-14(17(21)23-9-8-22-2)11-13-6-4-3-5-7-13/h3-7,14H,1,8-11H2,2H3,(H,18,19). The number of carbonyl (C=O) groups excluding carboxylic acids is 2. The van der Waals surface area contributed by atoms with Gasteiger partial charge in [0.1, 0.15) is 6.61 Å². The highest BCUT2D eigenvalue weighted by atomic mass is 16.6. The van der Waals surface area contributed by atoms with Crippen LogP contribution in [0, 0.1) is 0 Å². The highest BCUT2D eigenvalue weighted by Gasteiger charge is 2.26. The van der Waals surface area contributed by atoms with E-state index in [4.69, 9.17) is 19.3 Å². The molecule has 0 heterocycles. The van der Waals surface area contributed by atoms with Gasteiger partial charge in [-0.2, -0.15) is 0 Å². The van der Waals surface area contributed by atoms with Crippen molar-refractivity contribution in [2.75, 3.05) is 20.3 Å². The largest absolute Gasteiger partial charge is 0.481 e. The Hall–Kier alpha value is -2.67. The summed E-state index contributed by atoms with van der Waals surface area (Å²) in [6.45, 7) is 3.60. The van der Waals surface area contributed by atoms with Gasteiger partial charge in [0.2, 0.25) is 6.10 Å². The Balaban J connectivity index is 2.76. The van der Waals surface area contributed by atoms with E-state index in [1.54, 1.807) is 24.3 Å². The number of aliphatic carboxylic acids is 1. The third-order valence-corrected chi connectivity index (χ3v) is 2.96. The SMILES string of the molecule is C=C(CC(=O)O)C(=O)OC(Cc1ccccc1)C(=O)OCCOC. The van der Waals surface area contributed by atoms with Crippen molar-refractivity contribution in [3.05, 3.63) is 48.0 Å². The lowest BCUT2D eigenvalue weighted by Gasteiger charge is -2.17. The number of carboxylic acids is 1. The second kappa shape index (κ2) is 10.2. The fourth-order valence-corrected chi connectivity index (χ4v) is 1.79. The molecule has 0 aliphatic rings. The number of carboxylic acid groups (broad SMARTS) is 1. The molecule has 7 nitrogen and oxygen atoms in total. The summed E-state index contributed by atoms with van der Waals surface area (Å²) in [4.78, 5) is 34.6. The van der Waals surface area contributed by atoms with E-state index < -0.39 is 30.4 Å². The van der Waals surface area contributed by atoms with Gasteiger partial charge in [-0.1, -0.05) is 36.9 Å². The monoisotopic (exact) mass is 336 g/mol. The Morgan fingerprint density at radius 1 is 1.17 bits per heavy atom. The first-order valence-corrected chi connectivity index (χ1v) is 7.24. The van der Waals surface area contributed by atoms with Gasteiger partial charge in [0.25, 0.3) is 0 Å². The van der Waals surface area contributed by atoms with E-state index in [0.29, 0.717) is 0 Å². The molecule has 0 aliphatic heterocycles. The topological polar surface area (TPSA) is 99.1 Å². The minimum atomic E-state index is -1.21. The van der Waals surface area contributed by atoms with E-state index in [0.717, 1.165) is 5.56 Å². The van der Waals surface area contributed by atoms with Gasteiger partial charge in [-0.3, -0.25) is 4.79 Å². The van der Waals surface area contributed by atoms with Gasteiger partial charge in [-0.15, -0.1) is 0 Å². The van der Waals surface area contributed by atoms with Crippen molar-refractivity contribution in [1.29, 1.82) is 0 Å². The Kier molecular flexibility index (Phi) is 8.21. The molecule has 1 atom stereocenters. The number of methoxy groups -OCH3 is 1. The molecule has 1 aromatic rings. The maximum atomic E-state index is 12.1. The van der Waals surface area contributed by atoms with Crippen LogP contribution in [0.3, 0.4) is 0 Å². The highest BCUT2D eigenvalue weighted by molar-refractivity contribution is 5.94. The Morgan fingerprint density at radius 3 is 2.42 bits per heavy atom. The number of esters is 2. The van der Waals surface area contributed by atoms with Crippen LogP contribution in [-0.2, 0) is 35.0 Å². The van der Waals surface area contributed by atoms with E-state index >= 15 is 0 Å². The molecule has 0 aliphatic carbocycles. The molecule has 0 saturated carbocycles. The number of hydrogen-bond donors (Lipinski definition) is 1. The molecule has 0 bridgehead atoms. The summed E-state index contributed by atoms with van der Waals surface area (Å²) in [7, 11) is 1.46. The van der Waals surface area contributed by atoms with Gasteiger partial charge in [0.05, 0.1) is 13.0 Å². The minimum Gasteiger partial charge on any atom is -0.481 e. The number of ether oxygens (including phenoxy) is 3. The molecule has 1 aromatic carbocycles. The van der Waals surface area contributed by atoms with E-state index in [1.807, 2.05) is 6.07 Å². The minimum absolute atomic E-state index is 0.0221. The van der Waals surface area contributed by atoms with Gasteiger partial charge in [0.15, 0.2) is 0 Å². The van der Waals surface area contributed by atoms with E-state index in [1.165, 1.54) is 7.11 Å². The molecule has 0 fully saturated rings. The third-order valence-electron chi connectivity index (χ3n) is 2.96. The van der Waals surface area contributed by atoms with Crippen molar-refractivity contribution < 1.29 is 33.7 Å². The maximum absolute atomic E-state index is 12.1. The van der Waals surface area contributed by atoms with Crippen LogP contribution in [0.4, 0.5) is 0 Å². The summed E-state index contributed by atoms with van der Waals surface area (Å²) >= 11 is 0. The molecule has 0 saturated heterocycles. The fraction of sp³-hybridized carbons (Fsp3) is 0.353. The first kappa shape index (κ1) is 19.4. The molecule has 7 heteroatoms. The van der Waals surface area contributed by atoms with Crippen LogP contribution < -0.4 is 0 Å². The van der Waals surface area contributed by atoms with E-state index in [2.05, 4.69) is 6.58 Å². The summed E-state index contributed by atoms with van der Waals surface area (Å²) in [5, 5.41) is 8.68. The average molecular weight is 336 g/mol. The van der Waals surface area contributed by atoms with Gasteiger partial charge in [0, 0.05) is 19.1 Å². The fourth-order valence-electron chi connectivity index (χ4n) is 1.79. The van der Waals surface area contributed by atoms with Crippen LogP contribution in [0.2, 0.25) is 0 Å². The lowest BCUT2D eigenvalue weighted by atomic mass is 10.1. The number of carbonyl (C=O) groups is 3. The lowest BCUT2D eigenvalue weighted by molar-refractivity contribution is -0.166. The van der Waals surface area contributed by atoms with Crippen LogP contribution >= 0.6 is 0 Å². The molecule has 0 aromatic heterocycles. The zero-order valence-corrected chi connectivity index (χ0v) is 13.4. The Bertz CT molecular complexity index is 580. The van der Waals surface area contributed by atoms with Crippen LogP contribution in [-0.4, -0.2) is 49.4 Å². The predicted octanol–water partition coefficient (Wildman–Crippen LogP) is 1.36. The first-order chi connectivity index (χ1) is 11.4. The molecule has 0 amide bonds. The molecule has 0 radical (unpaired) electrons. The molecule has 1 rings (SSSR count). The average Bonchev–Trinajstić information content (AvgIpc) is 2.54. The summed E-state index contributed by atoms with van der Waals surface area (Å²) in [5.74, 6) is -2.88. The van der Waals surface area contributed by atoms with E-state index in [-0.39, 0.29) is 25.2 Å². The van der Waals surface area contributed by atoms with Gasteiger partial charge < -0.3 is 19.3 Å². The van der Waals surface area contributed by atoms with Crippen molar-refractivity contribution in [3.8, 4) is 0 Å². The van der Waals surface area contributed by atoms with Gasteiger partial charge in [-0.25, -0.2) is 9.59 Å². The van der Waals surface area contributed by atoms with Gasteiger partial charge >= 0.3 is 17.9 Å². The van der Waals surface area contributed by atoms with Gasteiger partial charge in [-0.05, 0) is 5.56 Å². The summed E-state index contributed by atoms with van der Waals surface area (Å²) in [6.07, 6.45) is -1.64. The maximum Gasteiger partial charge on any atom is 0.347 e. The zero-order chi connectivity index (χ0) is 17.9. The van der Waals surface area contributed by atoms with Crippen molar-refractivity contribution in [1.82, 2.24) is 0 Å². The molecule has 24 heavy (non-hydrogen) atoms. The van der Waals surface area contributed by atoms with Crippen LogP contribution in [0.15, 0.2) is 42.5 Å². The predicted molar refractivity (Wildman–Crippen MR) is 84.3 cm³/mol.